The molecule has 0 atom stereocenters. The van der Waals surface area contributed by atoms with E-state index in [1.165, 1.54) is 4.90 Å². The Morgan fingerprint density at radius 1 is 1.45 bits per heavy atom. The maximum Gasteiger partial charge on any atom is 0.273 e. The SMILES string of the molecule is CC(C)N(CC#N)C(=O)c1cc(Cl)c2ccccc2n1. The Bertz CT molecular complexity index is 691. The highest BCUT2D eigenvalue weighted by atomic mass is 35.5. The molecule has 0 radical (unpaired) electrons. The van der Waals surface area contributed by atoms with E-state index in [-0.39, 0.29) is 24.2 Å². The Morgan fingerprint density at radius 3 is 2.80 bits per heavy atom. The van der Waals surface area contributed by atoms with Gasteiger partial charge in [-0.3, -0.25) is 4.79 Å². The molecule has 1 aromatic heterocycles. The summed E-state index contributed by atoms with van der Waals surface area (Å²) in [6.07, 6.45) is 0. The van der Waals surface area contributed by atoms with Crippen molar-refractivity contribution in [3.8, 4) is 6.07 Å². The van der Waals surface area contributed by atoms with Crippen LogP contribution in [-0.4, -0.2) is 28.4 Å². The molecule has 2 rings (SSSR count). The van der Waals surface area contributed by atoms with Gasteiger partial charge in [0.25, 0.3) is 5.91 Å². The Morgan fingerprint density at radius 2 is 2.15 bits per heavy atom. The predicted octanol–water partition coefficient (Wildman–Crippen LogP) is 3.26. The summed E-state index contributed by atoms with van der Waals surface area (Å²) in [4.78, 5) is 18.2. The molecule has 102 valence electrons. The first-order valence-electron chi connectivity index (χ1n) is 6.27. The van der Waals surface area contributed by atoms with Crippen LogP contribution in [0.3, 0.4) is 0 Å². The normalized spacial score (nSPS) is 10.6. The van der Waals surface area contributed by atoms with Gasteiger partial charge in [-0.2, -0.15) is 5.26 Å². The number of aromatic nitrogens is 1. The van der Waals surface area contributed by atoms with Gasteiger partial charge in [0.2, 0.25) is 0 Å². The standard InChI is InChI=1S/C15H14ClN3O/c1-10(2)19(8-7-17)15(20)14-9-12(16)11-5-3-4-6-13(11)18-14/h3-6,9-10H,8H2,1-2H3. The van der Waals surface area contributed by atoms with Crippen LogP contribution in [-0.2, 0) is 0 Å². The number of carbonyl (C=O) groups excluding carboxylic acids is 1. The molecule has 0 bridgehead atoms. The topological polar surface area (TPSA) is 57.0 Å². The van der Waals surface area contributed by atoms with Crippen molar-refractivity contribution in [1.29, 1.82) is 5.26 Å². The highest BCUT2D eigenvalue weighted by Gasteiger charge is 2.20. The zero-order valence-corrected chi connectivity index (χ0v) is 12.1. The van der Waals surface area contributed by atoms with Crippen molar-refractivity contribution in [2.75, 3.05) is 6.54 Å². The number of pyridine rings is 1. The lowest BCUT2D eigenvalue weighted by Gasteiger charge is -2.23. The molecule has 1 amide bonds. The predicted molar refractivity (Wildman–Crippen MR) is 78.5 cm³/mol. The minimum atomic E-state index is -0.283. The number of amides is 1. The van der Waals surface area contributed by atoms with Crippen molar-refractivity contribution in [2.24, 2.45) is 0 Å². The Labute approximate surface area is 122 Å². The average molecular weight is 288 g/mol. The molecule has 2 aromatic rings. The third-order valence-electron chi connectivity index (χ3n) is 3.01. The van der Waals surface area contributed by atoms with Crippen LogP contribution in [0.5, 0.6) is 0 Å². The zero-order chi connectivity index (χ0) is 14.7. The minimum absolute atomic E-state index is 0.0304. The second-order valence-electron chi connectivity index (χ2n) is 4.69. The molecule has 4 nitrogen and oxygen atoms in total. The number of halogens is 1. The molecule has 0 N–H and O–H groups in total. The smallest absolute Gasteiger partial charge is 0.273 e. The van der Waals surface area contributed by atoms with Gasteiger partial charge in [-0.1, -0.05) is 29.8 Å². The molecule has 0 aliphatic carbocycles. The molecule has 0 aliphatic rings. The summed E-state index contributed by atoms with van der Waals surface area (Å²) in [7, 11) is 0. The van der Waals surface area contributed by atoms with Gasteiger partial charge in [-0.25, -0.2) is 4.98 Å². The summed E-state index contributed by atoms with van der Waals surface area (Å²) in [5, 5.41) is 10.1. The maximum absolute atomic E-state index is 12.4. The second kappa shape index (κ2) is 5.89. The summed E-state index contributed by atoms with van der Waals surface area (Å²) < 4.78 is 0. The van der Waals surface area contributed by atoms with Crippen molar-refractivity contribution in [3.05, 3.63) is 41.0 Å². The van der Waals surface area contributed by atoms with Gasteiger partial charge in [0.05, 0.1) is 16.6 Å². The molecule has 0 aliphatic heterocycles. The molecule has 5 heteroatoms. The van der Waals surface area contributed by atoms with Crippen LogP contribution in [0.1, 0.15) is 24.3 Å². The molecular weight excluding hydrogens is 274 g/mol. The molecule has 0 fully saturated rings. The Balaban J connectivity index is 2.47. The first-order valence-corrected chi connectivity index (χ1v) is 6.65. The van der Waals surface area contributed by atoms with E-state index in [2.05, 4.69) is 4.98 Å². The number of rotatable bonds is 3. The van der Waals surface area contributed by atoms with Crippen LogP contribution < -0.4 is 0 Å². The number of hydrogen-bond acceptors (Lipinski definition) is 3. The summed E-state index contributed by atoms with van der Waals surface area (Å²) >= 11 is 6.19. The first kappa shape index (κ1) is 14.3. The minimum Gasteiger partial charge on any atom is -0.322 e. The first-order chi connectivity index (χ1) is 9.54. The van der Waals surface area contributed by atoms with Gasteiger partial charge < -0.3 is 4.90 Å². The quantitative estimate of drug-likeness (QED) is 0.814. The lowest BCUT2D eigenvalue weighted by molar-refractivity contribution is 0.0726. The highest BCUT2D eigenvalue weighted by molar-refractivity contribution is 6.35. The Hall–Kier alpha value is -2.12. The molecular formula is C15H14ClN3O. The number of nitriles is 1. The van der Waals surface area contributed by atoms with E-state index in [4.69, 9.17) is 16.9 Å². The number of benzene rings is 1. The molecule has 0 saturated heterocycles. The Kier molecular flexibility index (Phi) is 4.21. The summed E-state index contributed by atoms with van der Waals surface area (Å²) in [6, 6.07) is 10.8. The van der Waals surface area contributed by atoms with E-state index < -0.39 is 0 Å². The van der Waals surface area contributed by atoms with E-state index in [0.717, 1.165) is 5.39 Å². The second-order valence-corrected chi connectivity index (χ2v) is 5.10. The monoisotopic (exact) mass is 287 g/mol. The number of carbonyl (C=O) groups is 1. The molecule has 20 heavy (non-hydrogen) atoms. The maximum atomic E-state index is 12.4. The number of hydrogen-bond donors (Lipinski definition) is 0. The largest absolute Gasteiger partial charge is 0.322 e. The molecule has 0 spiro atoms. The van der Waals surface area contributed by atoms with Crippen molar-refractivity contribution >= 4 is 28.4 Å². The van der Waals surface area contributed by atoms with Crippen LogP contribution in [0, 0.1) is 11.3 Å². The lowest BCUT2D eigenvalue weighted by Crippen LogP contribution is -2.37. The fraction of sp³-hybridized carbons (Fsp3) is 0.267. The fourth-order valence-corrected chi connectivity index (χ4v) is 2.22. The van der Waals surface area contributed by atoms with Crippen molar-refractivity contribution in [1.82, 2.24) is 9.88 Å². The molecule has 1 heterocycles. The van der Waals surface area contributed by atoms with Gasteiger partial charge in [-0.05, 0) is 26.0 Å². The van der Waals surface area contributed by atoms with Gasteiger partial charge in [0.1, 0.15) is 12.2 Å². The summed E-state index contributed by atoms with van der Waals surface area (Å²) in [5.41, 5.74) is 0.932. The van der Waals surface area contributed by atoms with Crippen molar-refractivity contribution < 1.29 is 4.79 Å². The third-order valence-corrected chi connectivity index (χ3v) is 3.32. The molecule has 0 unspecified atom stereocenters. The highest BCUT2D eigenvalue weighted by Crippen LogP contribution is 2.23. The number of para-hydroxylation sites is 1. The number of fused-ring (bicyclic) bond motifs is 1. The van der Waals surface area contributed by atoms with Crippen LogP contribution in [0.25, 0.3) is 10.9 Å². The van der Waals surface area contributed by atoms with E-state index in [1.54, 1.807) is 6.07 Å². The number of nitrogens with zero attached hydrogens (tertiary/aromatic N) is 3. The van der Waals surface area contributed by atoms with Gasteiger partial charge in [0, 0.05) is 11.4 Å². The molecule has 0 saturated carbocycles. The average Bonchev–Trinajstić information content (AvgIpc) is 2.43. The zero-order valence-electron chi connectivity index (χ0n) is 11.3. The van der Waals surface area contributed by atoms with Gasteiger partial charge in [-0.15, -0.1) is 0 Å². The fourth-order valence-electron chi connectivity index (χ4n) is 1.95. The van der Waals surface area contributed by atoms with Crippen LogP contribution in [0.2, 0.25) is 5.02 Å². The van der Waals surface area contributed by atoms with Crippen LogP contribution in [0.4, 0.5) is 0 Å². The van der Waals surface area contributed by atoms with E-state index >= 15 is 0 Å². The third kappa shape index (κ3) is 2.73. The van der Waals surface area contributed by atoms with E-state index in [1.807, 2.05) is 44.2 Å². The van der Waals surface area contributed by atoms with Gasteiger partial charge >= 0.3 is 0 Å². The van der Waals surface area contributed by atoms with E-state index in [0.29, 0.717) is 10.5 Å². The summed E-state index contributed by atoms with van der Waals surface area (Å²) in [6.45, 7) is 3.75. The van der Waals surface area contributed by atoms with E-state index in [9.17, 15) is 4.79 Å². The van der Waals surface area contributed by atoms with Crippen LogP contribution in [0.15, 0.2) is 30.3 Å². The van der Waals surface area contributed by atoms with Crippen LogP contribution >= 0.6 is 11.6 Å². The van der Waals surface area contributed by atoms with Crippen molar-refractivity contribution in [3.63, 3.8) is 0 Å². The lowest BCUT2D eigenvalue weighted by atomic mass is 10.2. The van der Waals surface area contributed by atoms with Gasteiger partial charge in [0.15, 0.2) is 0 Å². The molecule has 1 aromatic carbocycles. The van der Waals surface area contributed by atoms with Crippen molar-refractivity contribution in [2.45, 2.75) is 19.9 Å². The summed E-state index contributed by atoms with van der Waals surface area (Å²) in [5.74, 6) is -0.283.